The van der Waals surface area contributed by atoms with Gasteiger partial charge in [-0.1, -0.05) is 25.4 Å². The van der Waals surface area contributed by atoms with Gasteiger partial charge in [0.05, 0.1) is 23.4 Å². The highest BCUT2D eigenvalue weighted by molar-refractivity contribution is 6.31. The topological polar surface area (TPSA) is 79.9 Å². The molecule has 2 aromatic heterocycles. The maximum absolute atomic E-state index is 11.8. The number of nitrogens with one attached hydrogen (secondary N) is 1. The smallest absolute Gasteiger partial charge is 0.407 e. The molecular formula is C21H21ClN4O2. The summed E-state index contributed by atoms with van der Waals surface area (Å²) in [6.45, 7) is 4.61. The van der Waals surface area contributed by atoms with Crippen molar-refractivity contribution in [2.45, 2.75) is 20.4 Å². The van der Waals surface area contributed by atoms with Gasteiger partial charge in [0.25, 0.3) is 0 Å². The Morgan fingerprint density at radius 2 is 2.14 bits per heavy atom. The Morgan fingerprint density at radius 1 is 1.36 bits per heavy atom. The third kappa shape index (κ3) is 4.10. The number of hydrogen-bond donors (Lipinski definition) is 1. The van der Waals surface area contributed by atoms with Crippen LogP contribution in [0.15, 0.2) is 36.7 Å². The maximum atomic E-state index is 11.8. The number of ether oxygens (including phenoxy) is 1. The van der Waals surface area contributed by atoms with E-state index in [9.17, 15) is 10.1 Å². The number of rotatable bonds is 5. The summed E-state index contributed by atoms with van der Waals surface area (Å²) in [5.41, 5.74) is 3.81. The van der Waals surface area contributed by atoms with E-state index in [1.54, 1.807) is 18.5 Å². The van der Waals surface area contributed by atoms with Gasteiger partial charge in [-0.2, -0.15) is 5.26 Å². The van der Waals surface area contributed by atoms with E-state index in [0.717, 1.165) is 27.7 Å². The first-order valence-electron chi connectivity index (χ1n) is 8.93. The predicted octanol–water partition coefficient (Wildman–Crippen LogP) is 4.65. The van der Waals surface area contributed by atoms with Crippen LogP contribution in [-0.2, 0) is 18.3 Å². The fourth-order valence-corrected chi connectivity index (χ4v) is 3.21. The number of alkyl carbamates (subject to hydrolysis) is 1. The number of pyridine rings is 1. The van der Waals surface area contributed by atoms with Crippen molar-refractivity contribution in [1.29, 1.82) is 5.26 Å². The fraction of sp³-hybridized carbons (Fsp3) is 0.286. The van der Waals surface area contributed by atoms with Crippen molar-refractivity contribution in [3.05, 3.63) is 52.8 Å². The number of carbonyl (C=O) groups excluding carboxylic acids is 1. The van der Waals surface area contributed by atoms with E-state index in [1.165, 1.54) is 0 Å². The van der Waals surface area contributed by atoms with Crippen LogP contribution >= 0.6 is 11.6 Å². The van der Waals surface area contributed by atoms with E-state index in [0.29, 0.717) is 17.2 Å². The number of hydrogen-bond acceptors (Lipinski definition) is 4. The first-order chi connectivity index (χ1) is 13.4. The van der Waals surface area contributed by atoms with Crippen LogP contribution in [0.5, 0.6) is 0 Å². The van der Waals surface area contributed by atoms with Crippen LogP contribution in [-0.4, -0.2) is 22.3 Å². The van der Waals surface area contributed by atoms with Crippen molar-refractivity contribution >= 4 is 28.6 Å². The Bertz CT molecular complexity index is 1070. The van der Waals surface area contributed by atoms with E-state index >= 15 is 0 Å². The molecule has 0 aliphatic heterocycles. The molecule has 3 aromatic rings. The maximum Gasteiger partial charge on any atom is 0.407 e. The number of benzene rings is 1. The highest BCUT2D eigenvalue weighted by Gasteiger charge is 2.17. The number of fused-ring (bicyclic) bond motifs is 1. The van der Waals surface area contributed by atoms with Gasteiger partial charge in [-0.25, -0.2) is 4.79 Å². The van der Waals surface area contributed by atoms with Crippen molar-refractivity contribution in [3.8, 4) is 17.3 Å². The van der Waals surface area contributed by atoms with Crippen LogP contribution in [0, 0.1) is 17.2 Å². The number of carbonyl (C=O) groups is 1. The van der Waals surface area contributed by atoms with Crippen LogP contribution in [0.4, 0.5) is 4.79 Å². The summed E-state index contributed by atoms with van der Waals surface area (Å²) in [5.74, 6) is 0.278. The summed E-state index contributed by atoms with van der Waals surface area (Å²) >= 11 is 6.12. The van der Waals surface area contributed by atoms with Gasteiger partial charge in [-0.05, 0) is 35.7 Å². The van der Waals surface area contributed by atoms with Crippen molar-refractivity contribution in [2.24, 2.45) is 13.0 Å². The SMILES string of the molecule is CC(C)COC(=O)NCc1cncc(-c2c(C#N)c3ccc(Cl)cc3n2C)c1. The lowest BCUT2D eigenvalue weighted by molar-refractivity contribution is 0.132. The van der Waals surface area contributed by atoms with Crippen LogP contribution < -0.4 is 5.32 Å². The molecule has 1 aromatic carbocycles. The van der Waals surface area contributed by atoms with Crippen molar-refractivity contribution < 1.29 is 9.53 Å². The van der Waals surface area contributed by atoms with Gasteiger partial charge in [0.15, 0.2) is 0 Å². The molecule has 0 radical (unpaired) electrons. The van der Waals surface area contributed by atoms with Gasteiger partial charge < -0.3 is 14.6 Å². The summed E-state index contributed by atoms with van der Waals surface area (Å²) in [4.78, 5) is 16.0. The van der Waals surface area contributed by atoms with Crippen LogP contribution in [0.2, 0.25) is 5.02 Å². The van der Waals surface area contributed by atoms with Gasteiger partial charge >= 0.3 is 6.09 Å². The van der Waals surface area contributed by atoms with E-state index in [1.807, 2.05) is 43.7 Å². The third-order valence-electron chi connectivity index (χ3n) is 4.33. The van der Waals surface area contributed by atoms with Gasteiger partial charge in [0.1, 0.15) is 6.07 Å². The molecular weight excluding hydrogens is 376 g/mol. The summed E-state index contributed by atoms with van der Waals surface area (Å²) in [5, 5.41) is 13.9. The lowest BCUT2D eigenvalue weighted by Gasteiger charge is -2.10. The number of halogens is 1. The minimum absolute atomic E-state index is 0.278. The first kappa shape index (κ1) is 19.7. The molecule has 6 nitrogen and oxygen atoms in total. The molecule has 0 aliphatic carbocycles. The second kappa shape index (κ2) is 8.32. The molecule has 1 amide bonds. The molecule has 0 spiro atoms. The zero-order valence-corrected chi connectivity index (χ0v) is 16.7. The van der Waals surface area contributed by atoms with Crippen LogP contribution in [0.1, 0.15) is 25.0 Å². The standard InChI is InChI=1S/C21H21ClN4O2/c1-13(2)12-28-21(27)25-10-14-6-15(11-24-9-14)20-18(8-23)17-5-4-16(22)7-19(17)26(20)3/h4-7,9,11,13H,10,12H2,1-3H3,(H,25,27). The van der Waals surface area contributed by atoms with Crippen LogP contribution in [0.25, 0.3) is 22.2 Å². The van der Waals surface area contributed by atoms with Gasteiger partial charge in [-0.15, -0.1) is 0 Å². The molecule has 0 unspecified atom stereocenters. The molecule has 2 heterocycles. The van der Waals surface area contributed by atoms with Crippen molar-refractivity contribution in [1.82, 2.24) is 14.9 Å². The second-order valence-corrected chi connectivity index (χ2v) is 7.42. The molecule has 3 rings (SSSR count). The van der Waals surface area contributed by atoms with E-state index in [2.05, 4.69) is 16.4 Å². The first-order valence-corrected chi connectivity index (χ1v) is 9.31. The Balaban J connectivity index is 1.89. The summed E-state index contributed by atoms with van der Waals surface area (Å²) in [6.07, 6.45) is 2.92. The molecule has 7 heteroatoms. The van der Waals surface area contributed by atoms with Gasteiger partial charge in [0, 0.05) is 42.0 Å². The molecule has 0 fully saturated rings. The predicted molar refractivity (Wildman–Crippen MR) is 109 cm³/mol. The molecule has 0 aliphatic rings. The molecule has 0 saturated carbocycles. The number of amides is 1. The summed E-state index contributed by atoms with van der Waals surface area (Å²) in [7, 11) is 1.89. The zero-order chi connectivity index (χ0) is 20.3. The average molecular weight is 397 g/mol. The fourth-order valence-electron chi connectivity index (χ4n) is 3.04. The van der Waals surface area contributed by atoms with Crippen molar-refractivity contribution in [2.75, 3.05) is 6.61 Å². The van der Waals surface area contributed by atoms with E-state index < -0.39 is 6.09 Å². The lowest BCUT2D eigenvalue weighted by atomic mass is 10.1. The molecule has 1 N–H and O–H groups in total. The summed E-state index contributed by atoms with van der Waals surface area (Å²) in [6, 6.07) is 9.66. The summed E-state index contributed by atoms with van der Waals surface area (Å²) < 4.78 is 7.05. The minimum atomic E-state index is -0.462. The van der Waals surface area contributed by atoms with E-state index in [4.69, 9.17) is 16.3 Å². The molecule has 0 bridgehead atoms. The number of nitriles is 1. The number of aromatic nitrogens is 2. The number of nitrogens with zero attached hydrogens (tertiary/aromatic N) is 3. The largest absolute Gasteiger partial charge is 0.449 e. The monoisotopic (exact) mass is 396 g/mol. The third-order valence-corrected chi connectivity index (χ3v) is 4.56. The Kier molecular flexibility index (Phi) is 5.86. The number of aryl methyl sites for hydroxylation is 1. The quantitative estimate of drug-likeness (QED) is 0.680. The van der Waals surface area contributed by atoms with Crippen LogP contribution in [0.3, 0.4) is 0 Å². The zero-order valence-electron chi connectivity index (χ0n) is 16.0. The minimum Gasteiger partial charge on any atom is -0.449 e. The van der Waals surface area contributed by atoms with Gasteiger partial charge in [0.2, 0.25) is 0 Å². The second-order valence-electron chi connectivity index (χ2n) is 6.98. The Morgan fingerprint density at radius 3 is 2.86 bits per heavy atom. The Labute approximate surface area is 168 Å². The molecule has 0 atom stereocenters. The highest BCUT2D eigenvalue weighted by Crippen LogP contribution is 2.33. The normalized spacial score (nSPS) is 10.9. The Hall–Kier alpha value is -3.04. The molecule has 28 heavy (non-hydrogen) atoms. The highest BCUT2D eigenvalue weighted by atomic mass is 35.5. The van der Waals surface area contributed by atoms with Crippen molar-refractivity contribution in [3.63, 3.8) is 0 Å². The molecule has 144 valence electrons. The van der Waals surface area contributed by atoms with E-state index in [-0.39, 0.29) is 12.5 Å². The average Bonchev–Trinajstić information content (AvgIpc) is 2.96. The molecule has 0 saturated heterocycles. The lowest BCUT2D eigenvalue weighted by Crippen LogP contribution is -2.25. The van der Waals surface area contributed by atoms with Gasteiger partial charge in [-0.3, -0.25) is 4.98 Å².